The molecule has 1 aromatic rings. The lowest BCUT2D eigenvalue weighted by Crippen LogP contribution is -2.36. The predicted molar refractivity (Wildman–Crippen MR) is 65.8 cm³/mol. The molecular weight excluding hydrogens is 242 g/mol. The van der Waals surface area contributed by atoms with E-state index in [0.717, 1.165) is 5.82 Å². The Labute approximate surface area is 106 Å². The number of imidazole rings is 1. The van der Waals surface area contributed by atoms with Crippen LogP contribution in [-0.4, -0.2) is 40.1 Å². The molecule has 0 aromatic carbocycles. The number of aromatic nitrogens is 2. The van der Waals surface area contributed by atoms with Gasteiger partial charge in [0.05, 0.1) is 26.4 Å². The standard InChI is InChI=1S/C11H18ClN3O2/c1-8(2)15(7-11(16)17-4)6-10-13-5-9(12)14(10)3/h5,8H,6-7H2,1-4H3. The molecule has 0 bridgehead atoms. The molecule has 0 aliphatic carbocycles. The summed E-state index contributed by atoms with van der Waals surface area (Å²) in [6.07, 6.45) is 1.60. The zero-order valence-corrected chi connectivity index (χ0v) is 11.4. The van der Waals surface area contributed by atoms with Gasteiger partial charge < -0.3 is 9.30 Å². The van der Waals surface area contributed by atoms with E-state index in [9.17, 15) is 4.79 Å². The number of nitrogens with zero attached hydrogens (tertiary/aromatic N) is 3. The van der Waals surface area contributed by atoms with Gasteiger partial charge in [-0.3, -0.25) is 9.69 Å². The number of carbonyl (C=O) groups excluding carboxylic acids is 1. The van der Waals surface area contributed by atoms with Crippen LogP contribution in [0, 0.1) is 0 Å². The van der Waals surface area contributed by atoms with E-state index < -0.39 is 0 Å². The van der Waals surface area contributed by atoms with Crippen molar-refractivity contribution in [3.05, 3.63) is 17.2 Å². The highest BCUT2D eigenvalue weighted by atomic mass is 35.5. The summed E-state index contributed by atoms with van der Waals surface area (Å²) in [5, 5.41) is 0.585. The highest BCUT2D eigenvalue weighted by Gasteiger charge is 2.17. The second-order valence-electron chi connectivity index (χ2n) is 4.13. The van der Waals surface area contributed by atoms with Crippen molar-refractivity contribution in [2.24, 2.45) is 7.05 Å². The zero-order valence-electron chi connectivity index (χ0n) is 10.6. The number of ether oxygens (including phenoxy) is 1. The van der Waals surface area contributed by atoms with Crippen LogP contribution in [0.5, 0.6) is 0 Å². The molecule has 1 heterocycles. The maximum Gasteiger partial charge on any atom is 0.319 e. The molecule has 96 valence electrons. The van der Waals surface area contributed by atoms with E-state index in [1.807, 2.05) is 25.8 Å². The maximum absolute atomic E-state index is 11.3. The van der Waals surface area contributed by atoms with E-state index in [4.69, 9.17) is 11.6 Å². The fraction of sp³-hybridized carbons (Fsp3) is 0.636. The maximum atomic E-state index is 11.3. The van der Waals surface area contributed by atoms with Gasteiger partial charge in [0.2, 0.25) is 0 Å². The van der Waals surface area contributed by atoms with Crippen LogP contribution in [-0.2, 0) is 23.1 Å². The molecule has 5 nitrogen and oxygen atoms in total. The quantitative estimate of drug-likeness (QED) is 0.751. The lowest BCUT2D eigenvalue weighted by atomic mass is 10.3. The lowest BCUT2D eigenvalue weighted by molar-refractivity contribution is -0.142. The van der Waals surface area contributed by atoms with E-state index in [1.165, 1.54) is 7.11 Å². The molecule has 0 N–H and O–H groups in total. The Morgan fingerprint density at radius 2 is 2.29 bits per heavy atom. The molecule has 0 unspecified atom stereocenters. The molecule has 1 aromatic heterocycles. The van der Waals surface area contributed by atoms with Crippen molar-refractivity contribution in [3.63, 3.8) is 0 Å². The van der Waals surface area contributed by atoms with Crippen LogP contribution in [0.4, 0.5) is 0 Å². The summed E-state index contributed by atoms with van der Waals surface area (Å²) >= 11 is 5.92. The SMILES string of the molecule is COC(=O)CN(Cc1ncc(Cl)n1C)C(C)C. The Morgan fingerprint density at radius 1 is 1.65 bits per heavy atom. The van der Waals surface area contributed by atoms with Gasteiger partial charge in [-0.1, -0.05) is 11.6 Å². The average Bonchev–Trinajstić information content (AvgIpc) is 2.59. The van der Waals surface area contributed by atoms with Crippen molar-refractivity contribution in [1.82, 2.24) is 14.5 Å². The first kappa shape index (κ1) is 14.0. The molecule has 17 heavy (non-hydrogen) atoms. The van der Waals surface area contributed by atoms with E-state index in [2.05, 4.69) is 9.72 Å². The third kappa shape index (κ3) is 3.71. The Morgan fingerprint density at radius 3 is 2.71 bits per heavy atom. The molecule has 0 saturated carbocycles. The van der Waals surface area contributed by atoms with Crippen LogP contribution >= 0.6 is 11.6 Å². The van der Waals surface area contributed by atoms with Crippen LogP contribution < -0.4 is 0 Å². The fourth-order valence-corrected chi connectivity index (χ4v) is 1.55. The predicted octanol–water partition coefficient (Wildman–Crippen LogP) is 1.46. The normalized spacial score (nSPS) is 11.2. The summed E-state index contributed by atoms with van der Waals surface area (Å²) in [5.41, 5.74) is 0. The topological polar surface area (TPSA) is 47.4 Å². The van der Waals surface area contributed by atoms with Crippen molar-refractivity contribution in [2.45, 2.75) is 26.4 Å². The second kappa shape index (κ2) is 6.02. The summed E-state index contributed by atoms with van der Waals surface area (Å²) in [4.78, 5) is 17.5. The fourth-order valence-electron chi connectivity index (χ4n) is 1.40. The number of methoxy groups -OCH3 is 1. The summed E-state index contributed by atoms with van der Waals surface area (Å²) in [5.74, 6) is 0.576. The molecular formula is C11H18ClN3O2. The third-order valence-electron chi connectivity index (χ3n) is 2.66. The Kier molecular flexibility index (Phi) is 4.96. The summed E-state index contributed by atoms with van der Waals surface area (Å²) in [6, 6.07) is 0.226. The minimum Gasteiger partial charge on any atom is -0.468 e. The molecule has 0 fully saturated rings. The van der Waals surface area contributed by atoms with Crippen LogP contribution in [0.1, 0.15) is 19.7 Å². The van der Waals surface area contributed by atoms with Crippen LogP contribution in [0.2, 0.25) is 5.15 Å². The first-order valence-corrected chi connectivity index (χ1v) is 5.80. The van der Waals surface area contributed by atoms with Crippen molar-refractivity contribution in [3.8, 4) is 0 Å². The van der Waals surface area contributed by atoms with Gasteiger partial charge >= 0.3 is 5.97 Å². The van der Waals surface area contributed by atoms with Gasteiger partial charge in [-0.05, 0) is 13.8 Å². The van der Waals surface area contributed by atoms with Crippen molar-refractivity contribution < 1.29 is 9.53 Å². The molecule has 1 rings (SSSR count). The van der Waals surface area contributed by atoms with Crippen molar-refractivity contribution in [1.29, 1.82) is 0 Å². The molecule has 0 aliphatic rings. The van der Waals surface area contributed by atoms with Crippen LogP contribution in [0.15, 0.2) is 6.20 Å². The number of esters is 1. The van der Waals surface area contributed by atoms with E-state index in [0.29, 0.717) is 11.7 Å². The number of halogens is 1. The van der Waals surface area contributed by atoms with Gasteiger partial charge in [0.15, 0.2) is 0 Å². The largest absolute Gasteiger partial charge is 0.468 e. The minimum atomic E-state index is -0.251. The highest BCUT2D eigenvalue weighted by Crippen LogP contribution is 2.12. The number of hydrogen-bond donors (Lipinski definition) is 0. The summed E-state index contributed by atoms with van der Waals surface area (Å²) in [6.45, 7) is 4.86. The number of hydrogen-bond acceptors (Lipinski definition) is 4. The van der Waals surface area contributed by atoms with Gasteiger partial charge in [-0.2, -0.15) is 0 Å². The van der Waals surface area contributed by atoms with Crippen LogP contribution in [0.25, 0.3) is 0 Å². The van der Waals surface area contributed by atoms with Gasteiger partial charge in [0.1, 0.15) is 11.0 Å². The average molecular weight is 260 g/mol. The first-order chi connectivity index (χ1) is 7.95. The van der Waals surface area contributed by atoms with Gasteiger partial charge in [0, 0.05) is 13.1 Å². The van der Waals surface area contributed by atoms with Gasteiger partial charge in [0.25, 0.3) is 0 Å². The molecule has 0 amide bonds. The third-order valence-corrected chi connectivity index (χ3v) is 3.01. The summed E-state index contributed by atoms with van der Waals surface area (Å²) in [7, 11) is 3.24. The second-order valence-corrected chi connectivity index (χ2v) is 4.52. The molecule has 0 spiro atoms. The first-order valence-electron chi connectivity index (χ1n) is 5.42. The monoisotopic (exact) mass is 259 g/mol. The number of rotatable bonds is 5. The molecule has 0 saturated heterocycles. The Bertz CT molecular complexity index is 390. The molecule has 6 heteroatoms. The van der Waals surface area contributed by atoms with E-state index >= 15 is 0 Å². The molecule has 0 radical (unpaired) electrons. The van der Waals surface area contributed by atoms with E-state index in [1.54, 1.807) is 10.8 Å². The smallest absolute Gasteiger partial charge is 0.319 e. The van der Waals surface area contributed by atoms with Crippen LogP contribution in [0.3, 0.4) is 0 Å². The zero-order chi connectivity index (χ0) is 13.0. The Balaban J connectivity index is 2.73. The Hall–Kier alpha value is -1.07. The lowest BCUT2D eigenvalue weighted by Gasteiger charge is -2.24. The highest BCUT2D eigenvalue weighted by molar-refractivity contribution is 6.29. The number of carbonyl (C=O) groups is 1. The summed E-state index contributed by atoms with van der Waals surface area (Å²) < 4.78 is 6.47. The molecule has 0 aliphatic heterocycles. The van der Waals surface area contributed by atoms with Gasteiger partial charge in [-0.25, -0.2) is 4.98 Å². The minimum absolute atomic E-state index is 0.226. The molecule has 0 atom stereocenters. The van der Waals surface area contributed by atoms with E-state index in [-0.39, 0.29) is 18.6 Å². The van der Waals surface area contributed by atoms with Gasteiger partial charge in [-0.15, -0.1) is 0 Å². The van der Waals surface area contributed by atoms with Crippen molar-refractivity contribution in [2.75, 3.05) is 13.7 Å². The van der Waals surface area contributed by atoms with Crippen molar-refractivity contribution >= 4 is 17.6 Å².